The van der Waals surface area contributed by atoms with Crippen molar-refractivity contribution in [2.75, 3.05) is 11.9 Å². The van der Waals surface area contributed by atoms with E-state index in [1.165, 1.54) is 36.7 Å². The number of hydrogen-bond donors (Lipinski definition) is 2. The molecule has 0 spiro atoms. The van der Waals surface area contributed by atoms with Gasteiger partial charge in [-0.3, -0.25) is 14.2 Å². The number of hydrogen-bond acceptors (Lipinski definition) is 5. The maximum Gasteiger partial charge on any atom is 0.261 e. The third-order valence-corrected chi connectivity index (χ3v) is 5.81. The van der Waals surface area contributed by atoms with Crippen LogP contribution in [0.3, 0.4) is 0 Å². The Morgan fingerprint density at radius 2 is 2.00 bits per heavy atom. The van der Waals surface area contributed by atoms with E-state index in [9.17, 15) is 22.4 Å². The molecule has 30 heavy (non-hydrogen) atoms. The lowest BCUT2D eigenvalue weighted by Crippen LogP contribution is -2.28. The van der Waals surface area contributed by atoms with Crippen molar-refractivity contribution in [2.45, 2.75) is 31.2 Å². The van der Waals surface area contributed by atoms with Gasteiger partial charge in [-0.2, -0.15) is 0 Å². The largest absolute Gasteiger partial charge is 0.324 e. The summed E-state index contributed by atoms with van der Waals surface area (Å²) in [6.07, 6.45) is 2.78. The quantitative estimate of drug-likeness (QED) is 0.531. The average molecular weight is 432 g/mol. The first-order valence-corrected chi connectivity index (χ1v) is 10.8. The van der Waals surface area contributed by atoms with E-state index >= 15 is 0 Å². The van der Waals surface area contributed by atoms with Crippen LogP contribution in [0.1, 0.15) is 19.8 Å². The number of sulfonamides is 1. The molecule has 8 nitrogen and oxygen atoms in total. The predicted octanol–water partition coefficient (Wildman–Crippen LogP) is 2.25. The van der Waals surface area contributed by atoms with Gasteiger partial charge in [-0.15, -0.1) is 0 Å². The molecule has 3 aromatic rings. The maximum absolute atomic E-state index is 13.4. The number of nitrogens with one attached hydrogen (secondary N) is 2. The summed E-state index contributed by atoms with van der Waals surface area (Å²) in [5.74, 6) is -1.13. The van der Waals surface area contributed by atoms with Gasteiger partial charge in [0.15, 0.2) is 0 Å². The Morgan fingerprint density at radius 3 is 2.77 bits per heavy atom. The first-order chi connectivity index (χ1) is 14.3. The number of unbranched alkanes of at least 4 members (excludes halogenated alkanes) is 1. The van der Waals surface area contributed by atoms with Crippen LogP contribution in [0.4, 0.5) is 10.1 Å². The van der Waals surface area contributed by atoms with Crippen molar-refractivity contribution in [3.8, 4) is 0 Å². The SMILES string of the molecule is CCCCNS(=O)(=O)c1cccc(NC(=O)Cn2cnc3ccc(F)cc3c2=O)c1. The highest BCUT2D eigenvalue weighted by Gasteiger charge is 2.15. The highest BCUT2D eigenvalue weighted by Crippen LogP contribution is 2.16. The van der Waals surface area contributed by atoms with Gasteiger partial charge in [-0.25, -0.2) is 22.5 Å². The van der Waals surface area contributed by atoms with E-state index < -0.39 is 27.3 Å². The van der Waals surface area contributed by atoms with Crippen molar-refractivity contribution in [3.63, 3.8) is 0 Å². The Labute approximate surface area is 172 Å². The lowest BCUT2D eigenvalue weighted by Gasteiger charge is -2.10. The Morgan fingerprint density at radius 1 is 1.20 bits per heavy atom. The van der Waals surface area contributed by atoms with Crippen molar-refractivity contribution in [1.82, 2.24) is 14.3 Å². The second-order valence-electron chi connectivity index (χ2n) is 6.67. The van der Waals surface area contributed by atoms with Gasteiger partial charge >= 0.3 is 0 Å². The van der Waals surface area contributed by atoms with Crippen LogP contribution < -0.4 is 15.6 Å². The first kappa shape index (κ1) is 21.6. The highest BCUT2D eigenvalue weighted by atomic mass is 32.2. The van der Waals surface area contributed by atoms with Crippen molar-refractivity contribution in [3.05, 3.63) is 65.0 Å². The summed E-state index contributed by atoms with van der Waals surface area (Å²) in [6, 6.07) is 9.47. The molecule has 0 aliphatic rings. The van der Waals surface area contributed by atoms with Crippen molar-refractivity contribution in [1.29, 1.82) is 0 Å². The number of benzene rings is 2. The Bertz CT molecular complexity index is 1240. The zero-order chi connectivity index (χ0) is 21.7. The molecule has 10 heteroatoms. The molecule has 0 atom stereocenters. The fourth-order valence-corrected chi connectivity index (χ4v) is 3.93. The van der Waals surface area contributed by atoms with E-state index in [4.69, 9.17) is 0 Å². The molecule has 0 unspecified atom stereocenters. The van der Waals surface area contributed by atoms with E-state index in [0.717, 1.165) is 17.1 Å². The molecule has 0 bridgehead atoms. The maximum atomic E-state index is 13.4. The van der Waals surface area contributed by atoms with Crippen LogP contribution in [0, 0.1) is 5.82 Å². The standard InChI is InChI=1S/C20H21FN4O4S/c1-2-3-9-23-30(28,29)16-6-4-5-15(11-16)24-19(26)12-25-13-22-18-8-7-14(21)10-17(18)20(25)27/h4-8,10-11,13,23H,2-3,9,12H2,1H3,(H,24,26). The number of anilines is 1. The van der Waals surface area contributed by atoms with Gasteiger partial charge in [0, 0.05) is 12.2 Å². The Hall–Kier alpha value is -3.11. The third-order valence-electron chi connectivity index (χ3n) is 4.35. The van der Waals surface area contributed by atoms with Crippen LogP contribution in [0.5, 0.6) is 0 Å². The van der Waals surface area contributed by atoms with Crippen molar-refractivity contribution in [2.24, 2.45) is 0 Å². The van der Waals surface area contributed by atoms with Crippen LogP contribution in [0.15, 0.2) is 58.5 Å². The molecule has 0 saturated carbocycles. The molecular weight excluding hydrogens is 411 g/mol. The highest BCUT2D eigenvalue weighted by molar-refractivity contribution is 7.89. The second kappa shape index (κ2) is 9.14. The topological polar surface area (TPSA) is 110 Å². The minimum atomic E-state index is -3.69. The van der Waals surface area contributed by atoms with Gasteiger partial charge in [0.2, 0.25) is 15.9 Å². The lowest BCUT2D eigenvalue weighted by atomic mass is 10.2. The number of fused-ring (bicyclic) bond motifs is 1. The summed E-state index contributed by atoms with van der Waals surface area (Å²) < 4.78 is 41.6. The minimum absolute atomic E-state index is 0.0245. The smallest absolute Gasteiger partial charge is 0.261 e. The van der Waals surface area contributed by atoms with Gasteiger partial charge in [-0.1, -0.05) is 19.4 Å². The summed E-state index contributed by atoms with van der Waals surface area (Å²) >= 11 is 0. The van der Waals surface area contributed by atoms with E-state index in [0.29, 0.717) is 18.5 Å². The van der Waals surface area contributed by atoms with Crippen LogP contribution in [0.2, 0.25) is 0 Å². The summed E-state index contributed by atoms with van der Waals surface area (Å²) in [6.45, 7) is 1.93. The Kier molecular flexibility index (Phi) is 6.58. The molecule has 0 radical (unpaired) electrons. The van der Waals surface area contributed by atoms with Gasteiger partial charge in [0.1, 0.15) is 12.4 Å². The zero-order valence-corrected chi connectivity index (χ0v) is 17.1. The molecule has 2 aromatic carbocycles. The first-order valence-electron chi connectivity index (χ1n) is 9.34. The molecule has 3 rings (SSSR count). The van der Waals surface area contributed by atoms with Gasteiger partial charge in [0.25, 0.3) is 5.56 Å². The molecule has 0 fully saturated rings. The summed E-state index contributed by atoms with van der Waals surface area (Å²) in [5.41, 5.74) is 0.0452. The van der Waals surface area contributed by atoms with Gasteiger partial charge < -0.3 is 5.32 Å². The van der Waals surface area contributed by atoms with E-state index in [1.54, 1.807) is 6.07 Å². The van der Waals surface area contributed by atoms with Gasteiger partial charge in [-0.05, 0) is 42.8 Å². The number of aromatic nitrogens is 2. The molecule has 1 aromatic heterocycles. The van der Waals surface area contributed by atoms with E-state index in [-0.39, 0.29) is 22.5 Å². The van der Waals surface area contributed by atoms with Crippen LogP contribution in [0.25, 0.3) is 10.9 Å². The van der Waals surface area contributed by atoms with Gasteiger partial charge in [0.05, 0.1) is 22.1 Å². The fraction of sp³-hybridized carbons (Fsp3) is 0.250. The number of carbonyl (C=O) groups is 1. The molecule has 2 N–H and O–H groups in total. The van der Waals surface area contributed by atoms with Crippen LogP contribution in [-0.2, 0) is 21.4 Å². The van der Waals surface area contributed by atoms with E-state index in [2.05, 4.69) is 15.0 Å². The summed E-state index contributed by atoms with van der Waals surface area (Å²) in [4.78, 5) is 28.9. The molecule has 1 heterocycles. The number of rotatable bonds is 8. The van der Waals surface area contributed by atoms with Crippen molar-refractivity contribution < 1.29 is 17.6 Å². The number of nitrogens with zero attached hydrogens (tertiary/aromatic N) is 2. The normalized spacial score (nSPS) is 11.5. The fourth-order valence-electron chi connectivity index (χ4n) is 2.81. The molecule has 1 amide bonds. The minimum Gasteiger partial charge on any atom is -0.324 e. The third kappa shape index (κ3) is 5.08. The summed E-state index contributed by atoms with van der Waals surface area (Å²) in [7, 11) is -3.69. The summed E-state index contributed by atoms with van der Waals surface area (Å²) in [5, 5.41) is 2.63. The number of halogens is 1. The molecule has 158 valence electrons. The van der Waals surface area contributed by atoms with Crippen molar-refractivity contribution >= 4 is 32.5 Å². The lowest BCUT2D eigenvalue weighted by molar-refractivity contribution is -0.116. The molecular formula is C20H21FN4O4S. The monoisotopic (exact) mass is 432 g/mol. The average Bonchev–Trinajstić information content (AvgIpc) is 2.71. The molecule has 0 saturated heterocycles. The Balaban J connectivity index is 1.75. The number of amides is 1. The molecule has 0 aliphatic heterocycles. The van der Waals surface area contributed by atoms with Crippen LogP contribution in [-0.4, -0.2) is 30.4 Å². The van der Waals surface area contributed by atoms with Crippen LogP contribution >= 0.6 is 0 Å². The molecule has 0 aliphatic carbocycles. The second-order valence-corrected chi connectivity index (χ2v) is 8.43. The number of carbonyl (C=O) groups excluding carboxylic acids is 1. The van der Waals surface area contributed by atoms with E-state index in [1.807, 2.05) is 6.92 Å². The zero-order valence-electron chi connectivity index (χ0n) is 16.3. The predicted molar refractivity (Wildman–Crippen MR) is 111 cm³/mol.